The van der Waals surface area contributed by atoms with Crippen molar-refractivity contribution in [2.75, 3.05) is 26.2 Å². The molecule has 6 nitrogen and oxygen atoms in total. The molecule has 26 heavy (non-hydrogen) atoms. The Bertz CT molecular complexity index is 682. The Hall–Kier alpha value is -1.95. The molecule has 0 aliphatic carbocycles. The summed E-state index contributed by atoms with van der Waals surface area (Å²) in [5.41, 5.74) is 1.07. The van der Waals surface area contributed by atoms with Crippen LogP contribution in [0.4, 0.5) is 0 Å². The van der Waals surface area contributed by atoms with Crippen molar-refractivity contribution in [3.8, 4) is 0 Å². The zero-order chi connectivity index (χ0) is 18.3. The van der Waals surface area contributed by atoms with Crippen LogP contribution in [0.3, 0.4) is 0 Å². The van der Waals surface area contributed by atoms with Crippen LogP contribution in [0.5, 0.6) is 0 Å². The fourth-order valence-corrected chi connectivity index (χ4v) is 5.01. The molecule has 2 amide bonds. The lowest BCUT2D eigenvalue weighted by atomic mass is 9.75. The summed E-state index contributed by atoms with van der Waals surface area (Å²) in [6, 6.07) is 4.05. The number of carbonyl (C=O) groups excluding carboxylic acids is 2. The second kappa shape index (κ2) is 6.65. The summed E-state index contributed by atoms with van der Waals surface area (Å²) in [4.78, 5) is 33.4. The quantitative estimate of drug-likeness (QED) is 0.886. The molecule has 4 heterocycles. The molecule has 1 aromatic rings. The summed E-state index contributed by atoms with van der Waals surface area (Å²) in [7, 11) is 0. The number of aromatic nitrogens is 1. The predicted molar refractivity (Wildman–Crippen MR) is 98.0 cm³/mol. The lowest BCUT2D eigenvalue weighted by Gasteiger charge is -2.43. The molecular formula is C20H28N4O2. The van der Waals surface area contributed by atoms with Crippen LogP contribution in [0.1, 0.15) is 32.3 Å². The van der Waals surface area contributed by atoms with Crippen LogP contribution >= 0.6 is 0 Å². The molecule has 6 heteroatoms. The third kappa shape index (κ3) is 3.00. The van der Waals surface area contributed by atoms with Gasteiger partial charge in [0.15, 0.2) is 0 Å². The van der Waals surface area contributed by atoms with Crippen molar-refractivity contribution < 1.29 is 9.59 Å². The van der Waals surface area contributed by atoms with Crippen LogP contribution in [0.15, 0.2) is 24.5 Å². The Morgan fingerprint density at radius 2 is 2.12 bits per heavy atom. The smallest absolute Gasteiger partial charge is 0.225 e. The number of hydrogen-bond donors (Lipinski definition) is 1. The lowest BCUT2D eigenvalue weighted by molar-refractivity contribution is -0.136. The molecule has 1 N–H and O–H groups in total. The van der Waals surface area contributed by atoms with E-state index < -0.39 is 0 Å². The molecule has 1 aromatic heterocycles. The summed E-state index contributed by atoms with van der Waals surface area (Å²) in [5, 5.41) is 3.33. The number of hydrogen-bond acceptors (Lipinski definition) is 4. The number of nitrogens with zero attached hydrogens (tertiary/aromatic N) is 3. The number of piperidine rings is 1. The van der Waals surface area contributed by atoms with Crippen molar-refractivity contribution in [1.82, 2.24) is 20.1 Å². The minimum atomic E-state index is -0.126. The molecule has 1 spiro atoms. The van der Waals surface area contributed by atoms with E-state index in [1.165, 1.54) is 5.56 Å². The van der Waals surface area contributed by atoms with E-state index in [1.54, 1.807) is 6.20 Å². The second-order valence-corrected chi connectivity index (χ2v) is 8.39. The van der Waals surface area contributed by atoms with Gasteiger partial charge in [-0.3, -0.25) is 19.5 Å². The van der Waals surface area contributed by atoms with Gasteiger partial charge >= 0.3 is 0 Å². The maximum atomic E-state index is 12.6. The average molecular weight is 356 g/mol. The van der Waals surface area contributed by atoms with Crippen LogP contribution in [-0.2, 0) is 16.1 Å². The highest BCUT2D eigenvalue weighted by molar-refractivity contribution is 5.84. The molecule has 2 atom stereocenters. The van der Waals surface area contributed by atoms with Gasteiger partial charge in [0.1, 0.15) is 0 Å². The molecule has 3 aliphatic rings. The van der Waals surface area contributed by atoms with Crippen LogP contribution in [0.2, 0.25) is 0 Å². The van der Waals surface area contributed by atoms with Crippen LogP contribution in [0.25, 0.3) is 0 Å². The lowest BCUT2D eigenvalue weighted by Crippen LogP contribution is -2.56. The van der Waals surface area contributed by atoms with E-state index in [1.807, 2.05) is 31.0 Å². The largest absolute Gasteiger partial charge is 0.350 e. The number of pyridine rings is 1. The van der Waals surface area contributed by atoms with Crippen LogP contribution < -0.4 is 5.32 Å². The van der Waals surface area contributed by atoms with E-state index in [4.69, 9.17) is 0 Å². The van der Waals surface area contributed by atoms with Gasteiger partial charge in [-0.1, -0.05) is 19.9 Å². The van der Waals surface area contributed by atoms with E-state index in [0.717, 1.165) is 45.6 Å². The van der Waals surface area contributed by atoms with Crippen molar-refractivity contribution in [2.45, 2.75) is 38.8 Å². The highest BCUT2D eigenvalue weighted by Gasteiger charge is 2.57. The van der Waals surface area contributed by atoms with Crippen molar-refractivity contribution in [1.29, 1.82) is 0 Å². The highest BCUT2D eigenvalue weighted by atomic mass is 16.2. The van der Waals surface area contributed by atoms with Gasteiger partial charge in [0, 0.05) is 62.5 Å². The summed E-state index contributed by atoms with van der Waals surface area (Å²) < 4.78 is 0. The molecule has 3 aliphatic heterocycles. The Kier molecular flexibility index (Phi) is 4.47. The average Bonchev–Trinajstić information content (AvgIpc) is 3.16. The minimum absolute atomic E-state index is 0.0384. The van der Waals surface area contributed by atoms with E-state index in [0.29, 0.717) is 5.92 Å². The van der Waals surface area contributed by atoms with Gasteiger partial charge in [0.05, 0.1) is 5.92 Å². The normalized spacial score (nSPS) is 27.8. The molecule has 0 radical (unpaired) electrons. The van der Waals surface area contributed by atoms with Crippen molar-refractivity contribution in [3.63, 3.8) is 0 Å². The molecule has 3 fully saturated rings. The van der Waals surface area contributed by atoms with Gasteiger partial charge in [-0.15, -0.1) is 0 Å². The number of carbonyl (C=O) groups is 2. The Balaban J connectivity index is 1.43. The zero-order valence-corrected chi connectivity index (χ0v) is 15.6. The monoisotopic (exact) mass is 356 g/mol. The topological polar surface area (TPSA) is 65.5 Å². The van der Waals surface area contributed by atoms with E-state index in [9.17, 15) is 9.59 Å². The first kappa shape index (κ1) is 17.5. The molecule has 0 bridgehead atoms. The molecular weight excluding hydrogens is 328 g/mol. The fourth-order valence-electron chi connectivity index (χ4n) is 5.01. The van der Waals surface area contributed by atoms with Crippen LogP contribution in [-0.4, -0.2) is 58.3 Å². The second-order valence-electron chi connectivity index (χ2n) is 8.39. The third-order valence-corrected chi connectivity index (χ3v) is 6.40. The molecule has 0 saturated carbocycles. The van der Waals surface area contributed by atoms with Crippen molar-refractivity contribution >= 4 is 11.8 Å². The van der Waals surface area contributed by atoms with E-state index >= 15 is 0 Å². The van der Waals surface area contributed by atoms with Crippen LogP contribution in [0, 0.1) is 17.8 Å². The number of amides is 2. The minimum Gasteiger partial charge on any atom is -0.350 e. The fraction of sp³-hybridized carbons (Fsp3) is 0.650. The first-order chi connectivity index (χ1) is 12.5. The standard InChI is InChI=1S/C20H28N4O2/c1-14(2)19(26)24-8-5-20(6-9-24)17-13-23(12-16(17)18(25)22-20)11-15-4-3-7-21-10-15/h3-4,7,10,14,16-17H,5-6,8-9,11-13H2,1-2H3,(H,22,25)/t16-,17+/m0/s1. The highest BCUT2D eigenvalue weighted by Crippen LogP contribution is 2.44. The predicted octanol–water partition coefficient (Wildman–Crippen LogP) is 1.28. The number of fused-ring (bicyclic) bond motifs is 2. The number of nitrogens with one attached hydrogen (secondary N) is 1. The van der Waals surface area contributed by atoms with Gasteiger partial charge in [-0.05, 0) is 24.5 Å². The van der Waals surface area contributed by atoms with E-state index in [2.05, 4.69) is 21.3 Å². The Morgan fingerprint density at radius 1 is 1.35 bits per heavy atom. The van der Waals surface area contributed by atoms with Gasteiger partial charge in [-0.2, -0.15) is 0 Å². The van der Waals surface area contributed by atoms with E-state index in [-0.39, 0.29) is 29.2 Å². The summed E-state index contributed by atoms with van der Waals surface area (Å²) in [6.07, 6.45) is 5.44. The summed E-state index contributed by atoms with van der Waals surface area (Å²) >= 11 is 0. The first-order valence-electron chi connectivity index (χ1n) is 9.70. The van der Waals surface area contributed by atoms with Gasteiger partial charge < -0.3 is 10.2 Å². The summed E-state index contributed by atoms with van der Waals surface area (Å²) in [5.74, 6) is 0.899. The Morgan fingerprint density at radius 3 is 2.77 bits per heavy atom. The maximum absolute atomic E-state index is 12.6. The molecule has 4 rings (SSSR count). The first-order valence-corrected chi connectivity index (χ1v) is 9.70. The Labute approximate surface area is 155 Å². The SMILES string of the molecule is CC(C)C(=O)N1CCC2(CC1)NC(=O)[C@H]1CN(Cc3cccnc3)C[C@H]12. The van der Waals surface area contributed by atoms with Gasteiger partial charge in [0.25, 0.3) is 0 Å². The third-order valence-electron chi connectivity index (χ3n) is 6.40. The zero-order valence-electron chi connectivity index (χ0n) is 15.6. The van der Waals surface area contributed by atoms with Crippen molar-refractivity contribution in [3.05, 3.63) is 30.1 Å². The summed E-state index contributed by atoms with van der Waals surface area (Å²) in [6.45, 7) is 8.02. The maximum Gasteiger partial charge on any atom is 0.225 e. The van der Waals surface area contributed by atoms with Crippen molar-refractivity contribution in [2.24, 2.45) is 17.8 Å². The number of rotatable bonds is 3. The van der Waals surface area contributed by atoms with Gasteiger partial charge in [-0.25, -0.2) is 0 Å². The molecule has 140 valence electrons. The number of likely N-dealkylation sites (tertiary alicyclic amines) is 2. The molecule has 0 aromatic carbocycles. The van der Waals surface area contributed by atoms with Gasteiger partial charge in [0.2, 0.25) is 11.8 Å². The molecule has 3 saturated heterocycles. The molecule has 0 unspecified atom stereocenters.